The molecular formula is C17H22N2O4. The van der Waals surface area contributed by atoms with Crippen molar-refractivity contribution in [2.24, 2.45) is 5.92 Å². The summed E-state index contributed by atoms with van der Waals surface area (Å²) in [6, 6.07) is 6.77. The van der Waals surface area contributed by atoms with Crippen LogP contribution in [0.2, 0.25) is 0 Å². The van der Waals surface area contributed by atoms with E-state index in [9.17, 15) is 14.4 Å². The molecule has 1 atom stereocenters. The molecule has 1 amide bonds. The van der Waals surface area contributed by atoms with Crippen molar-refractivity contribution in [2.45, 2.75) is 26.2 Å². The van der Waals surface area contributed by atoms with Gasteiger partial charge in [0.25, 0.3) is 0 Å². The van der Waals surface area contributed by atoms with E-state index in [1.807, 2.05) is 4.90 Å². The number of carboxylic acids is 1. The van der Waals surface area contributed by atoms with E-state index in [1.165, 1.54) is 6.92 Å². The van der Waals surface area contributed by atoms with Crippen LogP contribution in [0.15, 0.2) is 24.3 Å². The molecule has 1 saturated heterocycles. The van der Waals surface area contributed by atoms with E-state index in [4.69, 9.17) is 5.11 Å². The van der Waals surface area contributed by atoms with Crippen LogP contribution in [0.1, 0.15) is 36.5 Å². The third-order valence-corrected chi connectivity index (χ3v) is 4.09. The zero-order chi connectivity index (χ0) is 16.8. The summed E-state index contributed by atoms with van der Waals surface area (Å²) < 4.78 is 0. The smallest absolute Gasteiger partial charge is 0.307 e. The van der Waals surface area contributed by atoms with Crippen LogP contribution < -0.4 is 5.32 Å². The summed E-state index contributed by atoms with van der Waals surface area (Å²) >= 11 is 0. The Kier molecular flexibility index (Phi) is 5.87. The molecule has 6 heteroatoms. The second-order valence-corrected chi connectivity index (χ2v) is 5.91. The van der Waals surface area contributed by atoms with Crippen LogP contribution in [-0.4, -0.2) is 47.3 Å². The number of amides is 1. The van der Waals surface area contributed by atoms with Crippen molar-refractivity contribution >= 4 is 23.3 Å². The first kappa shape index (κ1) is 17.1. The minimum absolute atomic E-state index is 0.0130. The maximum absolute atomic E-state index is 12.0. The highest BCUT2D eigenvalue weighted by Gasteiger charge is 2.25. The molecule has 1 aromatic carbocycles. The van der Waals surface area contributed by atoms with Crippen LogP contribution in [0.25, 0.3) is 0 Å². The molecule has 2 N–H and O–H groups in total. The summed E-state index contributed by atoms with van der Waals surface area (Å²) in [5.41, 5.74) is 1.26. The van der Waals surface area contributed by atoms with E-state index in [-0.39, 0.29) is 17.6 Å². The van der Waals surface area contributed by atoms with Gasteiger partial charge >= 0.3 is 5.97 Å². The van der Waals surface area contributed by atoms with E-state index in [2.05, 4.69) is 5.32 Å². The number of hydrogen-bond donors (Lipinski definition) is 2. The van der Waals surface area contributed by atoms with Crippen LogP contribution >= 0.6 is 0 Å². The van der Waals surface area contributed by atoms with Gasteiger partial charge in [-0.3, -0.25) is 14.4 Å². The Morgan fingerprint density at radius 3 is 2.57 bits per heavy atom. The zero-order valence-electron chi connectivity index (χ0n) is 13.2. The number of likely N-dealkylation sites (tertiary alicyclic amines) is 1. The lowest BCUT2D eigenvalue weighted by Crippen LogP contribution is -2.40. The summed E-state index contributed by atoms with van der Waals surface area (Å²) in [7, 11) is 0. The molecule has 1 aliphatic heterocycles. The van der Waals surface area contributed by atoms with Gasteiger partial charge in [-0.15, -0.1) is 0 Å². The van der Waals surface area contributed by atoms with Crippen LogP contribution in [0.3, 0.4) is 0 Å². The van der Waals surface area contributed by atoms with Crippen LogP contribution in [0, 0.1) is 5.92 Å². The van der Waals surface area contributed by atoms with Crippen molar-refractivity contribution in [1.29, 1.82) is 0 Å². The van der Waals surface area contributed by atoms with Gasteiger partial charge in [0.15, 0.2) is 5.78 Å². The van der Waals surface area contributed by atoms with Crippen molar-refractivity contribution in [3.05, 3.63) is 29.8 Å². The van der Waals surface area contributed by atoms with Crippen LogP contribution in [-0.2, 0) is 9.59 Å². The number of carbonyl (C=O) groups excluding carboxylic acids is 2. The lowest BCUT2D eigenvalue weighted by atomic mass is 9.98. The first-order valence-corrected chi connectivity index (χ1v) is 7.81. The molecule has 0 spiro atoms. The van der Waals surface area contributed by atoms with Gasteiger partial charge < -0.3 is 15.3 Å². The zero-order valence-corrected chi connectivity index (χ0v) is 13.2. The number of nitrogens with zero attached hydrogens (tertiary/aromatic N) is 1. The predicted molar refractivity (Wildman–Crippen MR) is 86.5 cm³/mol. The molecule has 1 heterocycles. The van der Waals surface area contributed by atoms with E-state index < -0.39 is 5.97 Å². The highest BCUT2D eigenvalue weighted by atomic mass is 16.4. The Morgan fingerprint density at radius 2 is 1.96 bits per heavy atom. The summed E-state index contributed by atoms with van der Waals surface area (Å²) in [6.07, 6.45) is 1.88. The Labute approximate surface area is 135 Å². The number of aliphatic carboxylic acids is 1. The molecule has 124 valence electrons. The molecule has 6 nitrogen and oxygen atoms in total. The lowest BCUT2D eigenvalue weighted by molar-refractivity contribution is -0.143. The second-order valence-electron chi connectivity index (χ2n) is 5.91. The molecule has 1 aromatic rings. The Hall–Kier alpha value is -2.21. The molecule has 0 aliphatic carbocycles. The van der Waals surface area contributed by atoms with Crippen molar-refractivity contribution < 1.29 is 19.5 Å². The van der Waals surface area contributed by atoms with Gasteiger partial charge in [0.05, 0.1) is 5.92 Å². The second kappa shape index (κ2) is 7.87. The number of benzene rings is 1. The van der Waals surface area contributed by atoms with Crippen molar-refractivity contribution in [2.75, 3.05) is 25.0 Å². The SMILES string of the molecule is CC(=O)c1ccc(NC(=O)CCN2CCCC(C(=O)O)C2)cc1. The summed E-state index contributed by atoms with van der Waals surface area (Å²) in [4.78, 5) is 36.2. The van der Waals surface area contributed by atoms with Gasteiger partial charge in [-0.25, -0.2) is 0 Å². The third kappa shape index (κ3) is 5.17. The number of nitrogens with one attached hydrogen (secondary N) is 1. The van der Waals surface area contributed by atoms with E-state index in [1.54, 1.807) is 24.3 Å². The molecule has 23 heavy (non-hydrogen) atoms. The summed E-state index contributed by atoms with van der Waals surface area (Å²) in [5, 5.41) is 11.8. The molecule has 2 rings (SSSR count). The van der Waals surface area contributed by atoms with Crippen LogP contribution in [0.5, 0.6) is 0 Å². The predicted octanol–water partition coefficient (Wildman–Crippen LogP) is 2.01. The monoisotopic (exact) mass is 318 g/mol. The van der Waals surface area contributed by atoms with Gasteiger partial charge in [0.2, 0.25) is 5.91 Å². The summed E-state index contributed by atoms with van der Waals surface area (Å²) in [5.74, 6) is -1.21. The Morgan fingerprint density at radius 1 is 1.26 bits per heavy atom. The molecule has 1 aliphatic rings. The van der Waals surface area contributed by atoms with Gasteiger partial charge in [0.1, 0.15) is 0 Å². The Balaban J connectivity index is 1.78. The maximum Gasteiger partial charge on any atom is 0.307 e. The highest BCUT2D eigenvalue weighted by Crippen LogP contribution is 2.17. The fourth-order valence-electron chi connectivity index (χ4n) is 2.73. The molecule has 0 bridgehead atoms. The van der Waals surface area contributed by atoms with Crippen molar-refractivity contribution in [3.8, 4) is 0 Å². The number of Topliss-reactive ketones (excluding diaryl/α,β-unsaturated/α-hetero) is 1. The highest BCUT2D eigenvalue weighted by molar-refractivity contribution is 5.95. The van der Waals surface area contributed by atoms with Gasteiger partial charge in [0, 0.05) is 30.8 Å². The van der Waals surface area contributed by atoms with Crippen molar-refractivity contribution in [3.63, 3.8) is 0 Å². The van der Waals surface area contributed by atoms with Gasteiger partial charge in [-0.2, -0.15) is 0 Å². The number of anilines is 1. The minimum atomic E-state index is -0.760. The van der Waals surface area contributed by atoms with Crippen LogP contribution in [0.4, 0.5) is 5.69 Å². The van der Waals surface area contributed by atoms with E-state index in [0.29, 0.717) is 37.2 Å². The quantitative estimate of drug-likeness (QED) is 0.784. The van der Waals surface area contributed by atoms with E-state index >= 15 is 0 Å². The number of ketones is 1. The van der Waals surface area contributed by atoms with E-state index in [0.717, 1.165) is 13.0 Å². The Bertz CT molecular complexity index is 583. The third-order valence-electron chi connectivity index (χ3n) is 4.09. The first-order chi connectivity index (χ1) is 11.0. The molecule has 0 saturated carbocycles. The average molecular weight is 318 g/mol. The number of piperidine rings is 1. The average Bonchev–Trinajstić information content (AvgIpc) is 2.53. The minimum Gasteiger partial charge on any atom is -0.481 e. The number of carbonyl (C=O) groups is 3. The van der Waals surface area contributed by atoms with Gasteiger partial charge in [-0.1, -0.05) is 0 Å². The molecule has 1 fully saturated rings. The normalized spacial score (nSPS) is 18.4. The van der Waals surface area contributed by atoms with Gasteiger partial charge in [-0.05, 0) is 50.6 Å². The first-order valence-electron chi connectivity index (χ1n) is 7.81. The fourth-order valence-corrected chi connectivity index (χ4v) is 2.73. The number of rotatable bonds is 6. The number of carboxylic acid groups (broad SMARTS) is 1. The fraction of sp³-hybridized carbons (Fsp3) is 0.471. The lowest BCUT2D eigenvalue weighted by Gasteiger charge is -2.30. The number of hydrogen-bond acceptors (Lipinski definition) is 4. The van der Waals surface area contributed by atoms with Crippen molar-refractivity contribution in [1.82, 2.24) is 4.90 Å². The largest absolute Gasteiger partial charge is 0.481 e. The standard InChI is InChI=1S/C17H22N2O4/c1-12(20)13-4-6-15(7-5-13)18-16(21)8-10-19-9-2-3-14(11-19)17(22)23/h4-7,14H,2-3,8-11H2,1H3,(H,18,21)(H,22,23). The topological polar surface area (TPSA) is 86.7 Å². The molecule has 1 unspecified atom stereocenters. The summed E-state index contributed by atoms with van der Waals surface area (Å²) in [6.45, 7) is 3.40. The molecular weight excluding hydrogens is 296 g/mol. The maximum atomic E-state index is 12.0. The molecule has 0 radical (unpaired) electrons. The molecule has 0 aromatic heterocycles.